The van der Waals surface area contributed by atoms with Crippen molar-refractivity contribution in [3.8, 4) is 17.3 Å². The SMILES string of the molecule is CCCc1cn(-c2nncn2C(C)C)c(=O)n1CC1(c2cccc(-c3nn[nH]n3)c2)C=CN=CC1. The summed E-state index contributed by atoms with van der Waals surface area (Å²) in [6.07, 6.45) is 11.7. The van der Waals surface area contributed by atoms with E-state index in [-0.39, 0.29) is 11.7 Å². The molecule has 3 aromatic heterocycles. The van der Waals surface area contributed by atoms with Crippen LogP contribution in [-0.4, -0.2) is 50.7 Å². The maximum atomic E-state index is 13.8. The van der Waals surface area contributed by atoms with Gasteiger partial charge < -0.3 is 0 Å². The molecule has 4 heterocycles. The predicted molar refractivity (Wildman–Crippen MR) is 132 cm³/mol. The Labute approximate surface area is 202 Å². The van der Waals surface area contributed by atoms with Crippen LogP contribution >= 0.6 is 0 Å². The highest BCUT2D eigenvalue weighted by Crippen LogP contribution is 2.35. The number of nitrogens with one attached hydrogen (secondary N) is 1. The van der Waals surface area contributed by atoms with Gasteiger partial charge >= 0.3 is 5.69 Å². The van der Waals surface area contributed by atoms with Crippen molar-refractivity contribution in [1.29, 1.82) is 0 Å². The van der Waals surface area contributed by atoms with Crippen molar-refractivity contribution < 1.29 is 0 Å². The fourth-order valence-corrected chi connectivity index (χ4v) is 4.56. The number of aliphatic imine (C=N–C) groups is 1. The molecule has 0 spiro atoms. The van der Waals surface area contributed by atoms with Gasteiger partial charge in [0.05, 0.1) is 0 Å². The van der Waals surface area contributed by atoms with E-state index in [1.165, 1.54) is 0 Å². The minimum atomic E-state index is -0.467. The van der Waals surface area contributed by atoms with Crippen LogP contribution in [0.4, 0.5) is 0 Å². The van der Waals surface area contributed by atoms with Crippen LogP contribution < -0.4 is 5.69 Å². The van der Waals surface area contributed by atoms with Crippen molar-refractivity contribution in [1.82, 2.24) is 44.5 Å². The summed E-state index contributed by atoms with van der Waals surface area (Å²) in [4.78, 5) is 18.1. The molecule has 1 aromatic carbocycles. The Kier molecular flexibility index (Phi) is 5.98. The van der Waals surface area contributed by atoms with Gasteiger partial charge in [-0.3, -0.25) is 14.1 Å². The summed E-state index contributed by atoms with van der Waals surface area (Å²) >= 11 is 0. The third kappa shape index (κ3) is 4.13. The average Bonchev–Trinajstić information content (AvgIpc) is 3.63. The topological polar surface area (TPSA) is 124 Å². The molecule has 5 rings (SSSR count). The quantitative estimate of drug-likeness (QED) is 0.420. The summed E-state index contributed by atoms with van der Waals surface area (Å²) in [5.41, 5.74) is 2.27. The molecule has 0 saturated heterocycles. The molecule has 0 saturated carbocycles. The molecule has 0 bridgehead atoms. The third-order valence-electron chi connectivity index (χ3n) is 6.42. The van der Waals surface area contributed by atoms with Crippen LogP contribution in [0.1, 0.15) is 50.9 Å². The normalized spacial score (nSPS) is 17.5. The van der Waals surface area contributed by atoms with Gasteiger partial charge in [-0.1, -0.05) is 37.6 Å². The average molecular weight is 473 g/mol. The second-order valence-corrected chi connectivity index (χ2v) is 9.06. The van der Waals surface area contributed by atoms with Crippen LogP contribution in [0, 0.1) is 0 Å². The number of imidazole rings is 1. The Hall–Kier alpha value is -4.15. The zero-order valence-electron chi connectivity index (χ0n) is 20.0. The van der Waals surface area contributed by atoms with Gasteiger partial charge in [-0.05, 0) is 43.5 Å². The first-order valence-electron chi connectivity index (χ1n) is 11.8. The van der Waals surface area contributed by atoms with Gasteiger partial charge in [-0.25, -0.2) is 9.36 Å². The molecule has 1 atom stereocenters. The summed E-state index contributed by atoms with van der Waals surface area (Å²) in [6.45, 7) is 6.65. The molecule has 1 aliphatic rings. The molecule has 1 unspecified atom stereocenters. The Morgan fingerprint density at radius 2 is 2.11 bits per heavy atom. The van der Waals surface area contributed by atoms with E-state index >= 15 is 0 Å². The number of hydrogen-bond acceptors (Lipinski definition) is 7. The van der Waals surface area contributed by atoms with Crippen molar-refractivity contribution in [2.24, 2.45) is 4.99 Å². The highest BCUT2D eigenvalue weighted by Gasteiger charge is 2.33. The predicted octanol–water partition coefficient (Wildman–Crippen LogP) is 2.87. The van der Waals surface area contributed by atoms with E-state index in [9.17, 15) is 4.79 Å². The van der Waals surface area contributed by atoms with Crippen molar-refractivity contribution in [3.63, 3.8) is 0 Å². The maximum absolute atomic E-state index is 13.8. The van der Waals surface area contributed by atoms with Gasteiger partial charge in [-0.2, -0.15) is 5.21 Å². The van der Waals surface area contributed by atoms with E-state index in [1.807, 2.05) is 47.5 Å². The molecule has 0 radical (unpaired) electrons. The number of aromatic nitrogens is 9. The molecule has 1 N–H and O–H groups in total. The zero-order chi connectivity index (χ0) is 24.4. The summed E-state index contributed by atoms with van der Waals surface area (Å²) in [5, 5.41) is 22.7. The van der Waals surface area contributed by atoms with Gasteiger partial charge in [0.15, 0.2) is 0 Å². The lowest BCUT2D eigenvalue weighted by Crippen LogP contribution is -2.37. The van der Waals surface area contributed by atoms with Crippen molar-refractivity contribution >= 4 is 6.21 Å². The van der Waals surface area contributed by atoms with E-state index in [0.717, 1.165) is 29.7 Å². The Balaban J connectivity index is 1.61. The summed E-state index contributed by atoms with van der Waals surface area (Å²) in [7, 11) is 0. The van der Waals surface area contributed by atoms with E-state index in [0.29, 0.717) is 24.7 Å². The minimum Gasteiger partial charge on any atom is -0.297 e. The van der Waals surface area contributed by atoms with Gasteiger partial charge in [-0.15, -0.1) is 20.4 Å². The van der Waals surface area contributed by atoms with Crippen LogP contribution in [0.5, 0.6) is 0 Å². The van der Waals surface area contributed by atoms with Crippen LogP contribution in [0.3, 0.4) is 0 Å². The Morgan fingerprint density at radius 3 is 2.83 bits per heavy atom. The zero-order valence-corrected chi connectivity index (χ0v) is 20.0. The Bertz CT molecular complexity index is 1420. The van der Waals surface area contributed by atoms with Gasteiger partial charge in [0.25, 0.3) is 0 Å². The molecule has 0 aliphatic carbocycles. The number of aromatic amines is 1. The van der Waals surface area contributed by atoms with Crippen molar-refractivity contribution in [2.75, 3.05) is 0 Å². The molecule has 11 heteroatoms. The fourth-order valence-electron chi connectivity index (χ4n) is 4.56. The van der Waals surface area contributed by atoms with Crippen molar-refractivity contribution in [2.45, 2.75) is 58.0 Å². The first-order valence-corrected chi connectivity index (χ1v) is 11.8. The van der Waals surface area contributed by atoms with E-state index in [2.05, 4.69) is 60.9 Å². The Morgan fingerprint density at radius 1 is 1.23 bits per heavy atom. The lowest BCUT2D eigenvalue weighted by Gasteiger charge is -2.32. The molecule has 11 nitrogen and oxygen atoms in total. The van der Waals surface area contributed by atoms with E-state index in [1.54, 1.807) is 17.1 Å². The first-order chi connectivity index (χ1) is 17.0. The smallest absolute Gasteiger partial charge is 0.297 e. The van der Waals surface area contributed by atoms with Crippen LogP contribution in [0.25, 0.3) is 17.3 Å². The lowest BCUT2D eigenvalue weighted by atomic mass is 9.76. The molecule has 35 heavy (non-hydrogen) atoms. The fraction of sp³-hybridized carbons (Fsp3) is 0.375. The summed E-state index contributed by atoms with van der Waals surface area (Å²) < 4.78 is 5.38. The largest absolute Gasteiger partial charge is 0.335 e. The molecular weight excluding hydrogens is 444 g/mol. The standard InChI is InChI=1S/C24H28N10O/c1-4-6-20-14-32(22-29-26-16-34(22)17(2)3)23(35)33(20)15-24(9-11-25-12-10-24)19-8-5-7-18(13-19)21-27-30-31-28-21/h5,7-9,11-14,16-17H,4,6,10,15H2,1-3H3,(H,27,28,30,31). The number of H-pyrrole nitrogens is 1. The number of benzene rings is 1. The van der Waals surface area contributed by atoms with Crippen LogP contribution in [-0.2, 0) is 18.4 Å². The number of rotatable bonds is 8. The first kappa shape index (κ1) is 22.6. The summed E-state index contributed by atoms with van der Waals surface area (Å²) in [5.74, 6) is 1.05. The third-order valence-corrected chi connectivity index (χ3v) is 6.42. The van der Waals surface area contributed by atoms with Crippen molar-refractivity contribution in [3.05, 3.63) is 70.8 Å². The maximum Gasteiger partial charge on any atom is 0.335 e. The monoisotopic (exact) mass is 472 g/mol. The minimum absolute atomic E-state index is 0.126. The number of nitrogens with zero attached hydrogens (tertiary/aromatic N) is 9. The lowest BCUT2D eigenvalue weighted by molar-refractivity contribution is 0.438. The number of hydrogen-bond donors (Lipinski definition) is 1. The second kappa shape index (κ2) is 9.24. The molecule has 0 fully saturated rings. The van der Waals surface area contributed by atoms with Gasteiger partial charge in [0.1, 0.15) is 6.33 Å². The molecule has 0 amide bonds. The second-order valence-electron chi connectivity index (χ2n) is 9.06. The van der Waals surface area contributed by atoms with Gasteiger partial charge in [0.2, 0.25) is 11.8 Å². The van der Waals surface area contributed by atoms with Crippen LogP contribution in [0.2, 0.25) is 0 Å². The molecule has 180 valence electrons. The van der Waals surface area contributed by atoms with Crippen LogP contribution in [0.15, 0.2) is 58.9 Å². The summed E-state index contributed by atoms with van der Waals surface area (Å²) in [6, 6.07) is 8.19. The number of aryl methyl sites for hydroxylation is 1. The molecule has 4 aromatic rings. The van der Waals surface area contributed by atoms with E-state index in [4.69, 9.17) is 0 Å². The highest BCUT2D eigenvalue weighted by atomic mass is 16.2. The number of allylic oxidation sites excluding steroid dienone is 1. The highest BCUT2D eigenvalue weighted by molar-refractivity contribution is 5.65. The molecular formula is C24H28N10O. The van der Waals surface area contributed by atoms with E-state index < -0.39 is 5.41 Å². The molecule has 1 aliphatic heterocycles. The number of tetrazole rings is 1. The van der Waals surface area contributed by atoms with Gasteiger partial charge in [0, 0.05) is 47.9 Å².